The number of benzene rings is 1. The summed E-state index contributed by atoms with van der Waals surface area (Å²) in [7, 11) is 0. The van der Waals surface area contributed by atoms with Crippen molar-refractivity contribution >= 4 is 5.91 Å². The Balaban J connectivity index is 1.78. The first-order chi connectivity index (χ1) is 10.5. The number of nitrogens with two attached hydrogens (primary N) is 1. The van der Waals surface area contributed by atoms with Crippen LogP contribution in [0.3, 0.4) is 0 Å². The highest BCUT2D eigenvalue weighted by atomic mass is 19.1. The van der Waals surface area contributed by atoms with Crippen molar-refractivity contribution in [2.45, 2.75) is 19.5 Å². The van der Waals surface area contributed by atoms with E-state index in [2.05, 4.69) is 16.2 Å². The third-order valence-electron chi connectivity index (χ3n) is 3.57. The van der Waals surface area contributed by atoms with E-state index in [1.807, 2.05) is 4.90 Å². The van der Waals surface area contributed by atoms with E-state index in [4.69, 9.17) is 5.73 Å². The molecule has 7 heteroatoms. The smallest absolute Gasteiger partial charge is 0.286 e. The molecule has 5 nitrogen and oxygen atoms in total. The van der Waals surface area contributed by atoms with E-state index in [1.54, 1.807) is 0 Å². The van der Waals surface area contributed by atoms with Crippen LogP contribution in [0.2, 0.25) is 0 Å². The summed E-state index contributed by atoms with van der Waals surface area (Å²) >= 11 is 0. The lowest BCUT2D eigenvalue weighted by Crippen LogP contribution is -2.32. The van der Waals surface area contributed by atoms with Crippen molar-refractivity contribution < 1.29 is 13.6 Å². The van der Waals surface area contributed by atoms with E-state index in [-0.39, 0.29) is 5.82 Å². The van der Waals surface area contributed by atoms with E-state index in [9.17, 15) is 13.6 Å². The maximum atomic E-state index is 13.7. The van der Waals surface area contributed by atoms with Crippen molar-refractivity contribution in [2.24, 2.45) is 5.73 Å². The number of carbonyl (C=O) groups is 1. The molecule has 3 rings (SSSR count). The Morgan fingerprint density at radius 1 is 1.41 bits per heavy atom. The minimum atomic E-state index is -0.708. The number of rotatable bonds is 3. The molecule has 0 aliphatic carbocycles. The molecule has 1 aliphatic rings. The van der Waals surface area contributed by atoms with Crippen LogP contribution in [0.15, 0.2) is 18.2 Å². The molecular weight excluding hydrogens is 290 g/mol. The molecule has 1 radical (unpaired) electrons. The Morgan fingerprint density at radius 2 is 2.23 bits per heavy atom. The van der Waals surface area contributed by atoms with Crippen LogP contribution in [0.25, 0.3) is 0 Å². The normalized spacial score (nSPS) is 14.6. The average molecular weight is 303 g/mol. The number of hydrogen-bond donors (Lipinski definition) is 1. The number of primary amides is 1. The van der Waals surface area contributed by atoms with Gasteiger partial charge in [-0.2, -0.15) is 0 Å². The van der Waals surface area contributed by atoms with Gasteiger partial charge in [-0.3, -0.25) is 9.69 Å². The molecule has 0 atom stereocenters. The summed E-state index contributed by atoms with van der Waals surface area (Å²) in [6, 6.07) is 3.53. The van der Waals surface area contributed by atoms with Gasteiger partial charge in [-0.05, 0) is 12.5 Å². The van der Waals surface area contributed by atoms with Gasteiger partial charge in [0.1, 0.15) is 11.6 Å². The molecule has 0 unspecified atom stereocenters. The van der Waals surface area contributed by atoms with Crippen molar-refractivity contribution in [1.82, 2.24) is 14.9 Å². The molecule has 1 amide bonds. The summed E-state index contributed by atoms with van der Waals surface area (Å²) in [5.74, 6) is -1.95. The highest BCUT2D eigenvalue weighted by molar-refractivity contribution is 5.88. The summed E-state index contributed by atoms with van der Waals surface area (Å²) in [5, 5.41) is 0. The average Bonchev–Trinajstić information content (AvgIpc) is 2.49. The third kappa shape index (κ3) is 2.94. The van der Waals surface area contributed by atoms with Crippen LogP contribution in [-0.2, 0) is 19.5 Å². The van der Waals surface area contributed by atoms with Crippen LogP contribution in [0.1, 0.15) is 27.4 Å². The maximum Gasteiger partial charge on any atom is 0.286 e. The zero-order valence-electron chi connectivity index (χ0n) is 11.6. The van der Waals surface area contributed by atoms with Gasteiger partial charge >= 0.3 is 0 Å². The van der Waals surface area contributed by atoms with Gasteiger partial charge in [-0.25, -0.2) is 18.7 Å². The van der Waals surface area contributed by atoms with Gasteiger partial charge < -0.3 is 5.73 Å². The Kier molecular flexibility index (Phi) is 3.81. The predicted octanol–water partition coefficient (Wildman–Crippen LogP) is 1.21. The second-order valence-electron chi connectivity index (χ2n) is 5.14. The minimum Gasteiger partial charge on any atom is -0.363 e. The van der Waals surface area contributed by atoms with Crippen molar-refractivity contribution in [3.05, 3.63) is 58.7 Å². The summed E-state index contributed by atoms with van der Waals surface area (Å²) < 4.78 is 26.6. The highest BCUT2D eigenvalue weighted by Gasteiger charge is 2.21. The molecule has 1 aromatic heterocycles. The summed E-state index contributed by atoms with van der Waals surface area (Å²) in [5.41, 5.74) is 7.07. The molecule has 1 aliphatic heterocycles. The number of hydrogen-bond acceptors (Lipinski definition) is 4. The number of nitrogens with zero attached hydrogens (tertiary/aromatic N) is 3. The zero-order chi connectivity index (χ0) is 15.7. The first-order valence-electron chi connectivity index (χ1n) is 6.76. The lowest BCUT2D eigenvalue weighted by molar-refractivity contribution is 0.0989. The monoisotopic (exact) mass is 303 g/mol. The number of aromatic nitrogens is 2. The van der Waals surface area contributed by atoms with Crippen molar-refractivity contribution in [1.29, 1.82) is 0 Å². The van der Waals surface area contributed by atoms with Gasteiger partial charge in [0, 0.05) is 36.8 Å². The lowest BCUT2D eigenvalue weighted by Gasteiger charge is -2.27. The van der Waals surface area contributed by atoms with E-state index in [1.165, 1.54) is 12.1 Å². The maximum absolute atomic E-state index is 13.7. The van der Waals surface area contributed by atoms with Crippen molar-refractivity contribution in [3.8, 4) is 0 Å². The molecule has 0 bridgehead atoms. The first kappa shape index (κ1) is 14.5. The van der Waals surface area contributed by atoms with Crippen LogP contribution in [-0.4, -0.2) is 27.3 Å². The second-order valence-corrected chi connectivity index (χ2v) is 5.14. The molecule has 2 heterocycles. The van der Waals surface area contributed by atoms with Gasteiger partial charge in [0.25, 0.3) is 5.91 Å². The number of halogens is 2. The second kappa shape index (κ2) is 5.76. The molecule has 0 fully saturated rings. The zero-order valence-corrected chi connectivity index (χ0v) is 11.6. The lowest BCUT2D eigenvalue weighted by atomic mass is 10.1. The molecule has 22 heavy (non-hydrogen) atoms. The number of fused-ring (bicyclic) bond motifs is 1. The van der Waals surface area contributed by atoms with Crippen molar-refractivity contribution in [2.75, 3.05) is 6.54 Å². The molecule has 0 saturated carbocycles. The summed E-state index contributed by atoms with van der Waals surface area (Å²) in [6.07, 6.45) is 3.43. The van der Waals surface area contributed by atoms with E-state index < -0.39 is 17.5 Å². The van der Waals surface area contributed by atoms with Crippen LogP contribution >= 0.6 is 0 Å². The predicted molar refractivity (Wildman–Crippen MR) is 73.6 cm³/mol. The van der Waals surface area contributed by atoms with Crippen LogP contribution in [0.5, 0.6) is 0 Å². The summed E-state index contributed by atoms with van der Waals surface area (Å²) in [6.45, 7) is 1.45. The van der Waals surface area contributed by atoms with Gasteiger partial charge in [-0.1, -0.05) is 6.07 Å². The van der Waals surface area contributed by atoms with Crippen LogP contribution in [0, 0.1) is 17.8 Å². The van der Waals surface area contributed by atoms with Gasteiger partial charge in [0.05, 0.1) is 11.9 Å². The molecule has 0 saturated heterocycles. The quantitative estimate of drug-likeness (QED) is 0.925. The molecule has 2 N–H and O–H groups in total. The Hall–Kier alpha value is -2.41. The SMILES string of the molecule is NC(=O)c1n[c]c2c(n1)CN(Cc1ccc(F)cc1F)CC2. The molecule has 113 valence electrons. The standard InChI is InChI=1S/C15H13F2N4O/c16-11-2-1-10(12(17)5-11)7-21-4-3-9-6-19-15(14(18)22)20-13(9)8-21/h1-2,5H,3-4,7-8H2,(H2,18,22). The number of carbonyl (C=O) groups excluding carboxylic acids is 1. The highest BCUT2D eigenvalue weighted by Crippen LogP contribution is 2.19. The third-order valence-corrected chi connectivity index (χ3v) is 3.57. The fourth-order valence-corrected chi connectivity index (χ4v) is 2.43. The fourth-order valence-electron chi connectivity index (χ4n) is 2.43. The molecule has 0 spiro atoms. The fraction of sp³-hybridized carbons (Fsp3) is 0.267. The summed E-state index contributed by atoms with van der Waals surface area (Å²) in [4.78, 5) is 21.0. The number of amides is 1. The van der Waals surface area contributed by atoms with E-state index in [0.29, 0.717) is 37.3 Å². The topological polar surface area (TPSA) is 72.1 Å². The Morgan fingerprint density at radius 3 is 2.95 bits per heavy atom. The largest absolute Gasteiger partial charge is 0.363 e. The van der Waals surface area contributed by atoms with E-state index in [0.717, 1.165) is 11.6 Å². The first-order valence-corrected chi connectivity index (χ1v) is 6.76. The van der Waals surface area contributed by atoms with Crippen LogP contribution in [0.4, 0.5) is 8.78 Å². The molecular formula is C15H13F2N4O. The Bertz CT molecular complexity index is 735. The van der Waals surface area contributed by atoms with Crippen LogP contribution < -0.4 is 5.73 Å². The van der Waals surface area contributed by atoms with Gasteiger partial charge in [0.2, 0.25) is 5.82 Å². The molecule has 1 aromatic carbocycles. The minimum absolute atomic E-state index is 0.0754. The van der Waals surface area contributed by atoms with Gasteiger partial charge in [-0.15, -0.1) is 0 Å². The molecule has 2 aromatic rings. The van der Waals surface area contributed by atoms with E-state index >= 15 is 0 Å². The van der Waals surface area contributed by atoms with Crippen molar-refractivity contribution in [3.63, 3.8) is 0 Å². The Labute approximate surface area is 125 Å². The van der Waals surface area contributed by atoms with Gasteiger partial charge in [0.15, 0.2) is 0 Å².